The lowest BCUT2D eigenvalue weighted by atomic mass is 10.2. The number of hydrogen-bond donors (Lipinski definition) is 1. The Hall–Kier alpha value is -2.98. The number of hydrogen-bond acceptors (Lipinski definition) is 6. The molecule has 4 rings (SSSR count). The first-order valence-electron chi connectivity index (χ1n) is 10.6. The van der Waals surface area contributed by atoms with Gasteiger partial charge in [-0.25, -0.2) is 4.99 Å². The Morgan fingerprint density at radius 3 is 2.64 bits per heavy atom. The molecule has 2 atom stereocenters. The van der Waals surface area contributed by atoms with Crippen LogP contribution in [0, 0.1) is 0 Å². The molecule has 10 heteroatoms. The molecule has 2 heterocycles. The first kappa shape index (κ1) is 23.2. The van der Waals surface area contributed by atoms with Gasteiger partial charge in [-0.1, -0.05) is 30.0 Å². The fourth-order valence-corrected chi connectivity index (χ4v) is 4.77. The summed E-state index contributed by atoms with van der Waals surface area (Å²) in [7, 11) is 0. The minimum Gasteiger partial charge on any atom is -0.435 e. The normalized spacial score (nSPS) is 21.7. The highest BCUT2D eigenvalue weighted by Gasteiger charge is 2.40. The summed E-state index contributed by atoms with van der Waals surface area (Å²) in [5.74, 6) is -0.440. The van der Waals surface area contributed by atoms with Gasteiger partial charge in [0, 0.05) is 18.7 Å². The number of alkyl halides is 2. The molecule has 0 aliphatic carbocycles. The van der Waals surface area contributed by atoms with Crippen molar-refractivity contribution in [2.24, 2.45) is 4.99 Å². The molecule has 0 aromatic heterocycles. The summed E-state index contributed by atoms with van der Waals surface area (Å²) in [6, 6.07) is 14.9. The van der Waals surface area contributed by atoms with Crippen LogP contribution >= 0.6 is 11.8 Å². The van der Waals surface area contributed by atoms with Gasteiger partial charge in [0.25, 0.3) is 0 Å². The molecule has 2 aliphatic heterocycles. The summed E-state index contributed by atoms with van der Waals surface area (Å²) < 4.78 is 34.8. The van der Waals surface area contributed by atoms with Gasteiger partial charge in [0.1, 0.15) is 11.0 Å². The van der Waals surface area contributed by atoms with E-state index in [-0.39, 0.29) is 30.1 Å². The Morgan fingerprint density at radius 2 is 1.97 bits per heavy atom. The topological polar surface area (TPSA) is 80.2 Å². The summed E-state index contributed by atoms with van der Waals surface area (Å²) >= 11 is 1.22. The number of nitrogens with zero attached hydrogens (tertiary/aromatic N) is 2. The Kier molecular flexibility index (Phi) is 7.56. The van der Waals surface area contributed by atoms with Gasteiger partial charge in [0.15, 0.2) is 5.17 Å². The number of thioether (sulfide) groups is 1. The molecule has 174 valence electrons. The number of carbonyl (C=O) groups excluding carboxylic acids is 2. The average molecular weight is 476 g/mol. The quantitative estimate of drug-likeness (QED) is 0.611. The van der Waals surface area contributed by atoms with Gasteiger partial charge in [-0.15, -0.1) is 0 Å². The Morgan fingerprint density at radius 1 is 1.21 bits per heavy atom. The molecule has 2 amide bonds. The fourth-order valence-electron chi connectivity index (χ4n) is 3.60. The number of nitrogens with one attached hydrogen (secondary N) is 1. The summed E-state index contributed by atoms with van der Waals surface area (Å²) in [5, 5.41) is 2.64. The van der Waals surface area contributed by atoms with E-state index in [9.17, 15) is 18.4 Å². The van der Waals surface area contributed by atoms with E-state index in [4.69, 9.17) is 4.74 Å². The second kappa shape index (κ2) is 10.8. The smallest absolute Gasteiger partial charge is 0.387 e. The third kappa shape index (κ3) is 6.29. The predicted octanol–water partition coefficient (Wildman–Crippen LogP) is 4.43. The summed E-state index contributed by atoms with van der Waals surface area (Å²) in [6.07, 6.45) is 1.69. The maximum absolute atomic E-state index is 13.1. The second-order valence-corrected chi connectivity index (χ2v) is 8.75. The summed E-state index contributed by atoms with van der Waals surface area (Å²) in [6.45, 7) is -1.90. The monoisotopic (exact) mass is 475 g/mol. The number of para-hydroxylation sites is 1. The molecule has 0 radical (unpaired) electrons. The molecule has 33 heavy (non-hydrogen) atoms. The van der Waals surface area contributed by atoms with Crippen LogP contribution in [-0.4, -0.2) is 53.0 Å². The zero-order valence-corrected chi connectivity index (χ0v) is 18.5. The van der Waals surface area contributed by atoms with Gasteiger partial charge in [0.2, 0.25) is 11.8 Å². The van der Waals surface area contributed by atoms with Crippen LogP contribution in [0.25, 0.3) is 0 Å². The molecule has 2 saturated heterocycles. The average Bonchev–Trinajstić information content (AvgIpc) is 3.40. The SMILES string of the molecule is O=C(CC1SC(=Nc2ccc(OC(F)F)cc2)N(CC2CCCO2)C1=O)Nc1ccccc1. The van der Waals surface area contributed by atoms with Crippen molar-refractivity contribution in [2.45, 2.75) is 37.2 Å². The van der Waals surface area contributed by atoms with Crippen molar-refractivity contribution < 1.29 is 27.8 Å². The third-order valence-electron chi connectivity index (χ3n) is 5.15. The van der Waals surface area contributed by atoms with Crippen molar-refractivity contribution in [3.8, 4) is 5.75 Å². The van der Waals surface area contributed by atoms with Crippen LogP contribution in [-0.2, 0) is 14.3 Å². The maximum Gasteiger partial charge on any atom is 0.387 e. The van der Waals surface area contributed by atoms with Crippen molar-refractivity contribution in [3.05, 3.63) is 54.6 Å². The highest BCUT2D eigenvalue weighted by atomic mass is 32.2. The Labute approximate surface area is 194 Å². The number of carbonyl (C=O) groups is 2. The molecule has 2 unspecified atom stereocenters. The summed E-state index contributed by atoms with van der Waals surface area (Å²) in [5.41, 5.74) is 1.15. The maximum atomic E-state index is 13.1. The fraction of sp³-hybridized carbons (Fsp3) is 0.348. The number of amidine groups is 1. The van der Waals surface area contributed by atoms with Crippen molar-refractivity contribution >= 4 is 40.1 Å². The molecular formula is C23H23F2N3O4S. The van der Waals surface area contributed by atoms with Crippen LogP contribution in [0.5, 0.6) is 5.75 Å². The number of anilines is 1. The van der Waals surface area contributed by atoms with E-state index in [1.54, 1.807) is 17.0 Å². The van der Waals surface area contributed by atoms with Crippen LogP contribution in [0.15, 0.2) is 59.6 Å². The zero-order valence-electron chi connectivity index (χ0n) is 17.7. The first-order chi connectivity index (χ1) is 16.0. The Bertz CT molecular complexity index is 999. The zero-order chi connectivity index (χ0) is 23.2. The van der Waals surface area contributed by atoms with Gasteiger partial charge >= 0.3 is 6.61 Å². The number of rotatable bonds is 8. The van der Waals surface area contributed by atoms with E-state index in [0.717, 1.165) is 12.8 Å². The Balaban J connectivity index is 1.48. The number of amides is 2. The molecule has 0 bridgehead atoms. The first-order valence-corrected chi connectivity index (χ1v) is 11.4. The third-order valence-corrected chi connectivity index (χ3v) is 6.32. The second-order valence-electron chi connectivity index (χ2n) is 7.58. The lowest BCUT2D eigenvalue weighted by Crippen LogP contribution is -2.38. The van der Waals surface area contributed by atoms with Gasteiger partial charge in [-0.3, -0.25) is 14.5 Å². The molecule has 2 aromatic rings. The molecular weight excluding hydrogens is 452 g/mol. The van der Waals surface area contributed by atoms with Crippen molar-refractivity contribution in [1.82, 2.24) is 4.90 Å². The van der Waals surface area contributed by atoms with Crippen LogP contribution < -0.4 is 10.1 Å². The highest BCUT2D eigenvalue weighted by Crippen LogP contribution is 2.33. The molecule has 7 nitrogen and oxygen atoms in total. The van der Waals surface area contributed by atoms with E-state index in [0.29, 0.717) is 29.7 Å². The number of ether oxygens (including phenoxy) is 2. The van der Waals surface area contributed by atoms with Gasteiger partial charge in [0.05, 0.1) is 18.3 Å². The number of aliphatic imine (C=N–C) groups is 1. The van der Waals surface area contributed by atoms with E-state index >= 15 is 0 Å². The van der Waals surface area contributed by atoms with Gasteiger partial charge in [-0.2, -0.15) is 8.78 Å². The van der Waals surface area contributed by atoms with Crippen LogP contribution in [0.1, 0.15) is 19.3 Å². The predicted molar refractivity (Wildman–Crippen MR) is 122 cm³/mol. The number of halogens is 2. The van der Waals surface area contributed by atoms with E-state index < -0.39 is 11.9 Å². The van der Waals surface area contributed by atoms with Crippen molar-refractivity contribution in [1.29, 1.82) is 0 Å². The van der Waals surface area contributed by atoms with Crippen LogP contribution in [0.2, 0.25) is 0 Å². The van der Waals surface area contributed by atoms with E-state index in [1.807, 2.05) is 18.2 Å². The largest absolute Gasteiger partial charge is 0.435 e. The van der Waals surface area contributed by atoms with Crippen molar-refractivity contribution in [2.75, 3.05) is 18.5 Å². The molecule has 0 saturated carbocycles. The van der Waals surface area contributed by atoms with E-state index in [2.05, 4.69) is 15.0 Å². The molecule has 2 aliphatic rings. The minimum atomic E-state index is -2.91. The number of benzene rings is 2. The molecule has 0 spiro atoms. The lowest BCUT2D eigenvalue weighted by molar-refractivity contribution is -0.129. The molecule has 2 aromatic carbocycles. The van der Waals surface area contributed by atoms with Gasteiger partial charge in [-0.05, 0) is 49.2 Å². The highest BCUT2D eigenvalue weighted by molar-refractivity contribution is 8.15. The minimum absolute atomic E-state index is 0.000600. The van der Waals surface area contributed by atoms with Crippen LogP contribution in [0.3, 0.4) is 0 Å². The van der Waals surface area contributed by atoms with Crippen LogP contribution in [0.4, 0.5) is 20.2 Å². The lowest BCUT2D eigenvalue weighted by Gasteiger charge is -2.20. The van der Waals surface area contributed by atoms with Crippen molar-refractivity contribution in [3.63, 3.8) is 0 Å². The molecule has 1 N–H and O–H groups in total. The standard InChI is InChI=1S/C23H23F2N3O4S/c24-22(25)32-17-10-8-16(9-11-17)27-23-28(14-18-7-4-12-31-18)21(30)19(33-23)13-20(29)26-15-5-2-1-3-6-15/h1-3,5-6,8-11,18-19,22H,4,7,12-14H2,(H,26,29). The van der Waals surface area contributed by atoms with Gasteiger partial charge < -0.3 is 14.8 Å². The van der Waals surface area contributed by atoms with E-state index in [1.165, 1.54) is 36.0 Å². The summed E-state index contributed by atoms with van der Waals surface area (Å²) in [4.78, 5) is 31.8. The molecule has 2 fully saturated rings.